The minimum Gasteiger partial charge on any atom is -0.316 e. The van der Waals surface area contributed by atoms with Gasteiger partial charge in [-0.05, 0) is 149 Å². The molecule has 0 saturated carbocycles. The van der Waals surface area contributed by atoms with Gasteiger partial charge in [-0.1, -0.05) is 134 Å². The van der Waals surface area contributed by atoms with E-state index in [4.69, 9.17) is 17.2 Å². The molecule has 1 aromatic heterocycles. The Balaban J connectivity index is 1.04. The van der Waals surface area contributed by atoms with Crippen molar-refractivity contribution in [2.24, 2.45) is 16.8 Å². The molecule has 0 bridgehead atoms. The number of nitrogens with zero attached hydrogens (tertiary/aromatic N) is 3. The summed E-state index contributed by atoms with van der Waals surface area (Å²) in [5.41, 5.74) is 12.9. The quantitative estimate of drug-likeness (QED) is 0.0920. The maximum Gasteiger partial charge on any atom is 0.167 e. The van der Waals surface area contributed by atoms with Gasteiger partial charge in [0.2, 0.25) is 0 Å². The molecule has 2 heterocycles. The van der Waals surface area contributed by atoms with Gasteiger partial charge >= 0.3 is 0 Å². The minimum atomic E-state index is -2.27. The highest BCUT2D eigenvalue weighted by atomic mass is 32.7. The molecular weight excluding hydrogens is 833 g/mol. The lowest BCUT2D eigenvalue weighted by Crippen LogP contribution is -2.32. The molecule has 0 fully saturated rings. The van der Waals surface area contributed by atoms with Crippen LogP contribution in [0.2, 0.25) is 0 Å². The first-order valence-electron chi connectivity index (χ1n) is 22.4. The van der Waals surface area contributed by atoms with Crippen LogP contribution >= 0.6 is 25.6 Å². The number of aliphatic imine (C=N–C) groups is 1. The molecule has 0 radical (unpaired) electrons. The van der Waals surface area contributed by atoms with Crippen molar-refractivity contribution in [3.8, 4) is 0 Å². The van der Waals surface area contributed by atoms with E-state index in [1.807, 2.05) is 25.3 Å². The smallest absolute Gasteiger partial charge is 0.167 e. The SMILES string of the molecule is C/C=C\N=CC=C=P(C)(c1ccccc1)c1ccc2cc(C3=CC4C(C=C3)C3=C(CCC5CC=CC=C35)c3nc5ccc([P+](S)(c6ccccc6)c6ccccc6)cc5n34)ccc2c1. The summed E-state index contributed by atoms with van der Waals surface area (Å²) in [6.07, 6.45) is 25.3. The van der Waals surface area contributed by atoms with Crippen molar-refractivity contribution in [3.05, 3.63) is 223 Å². The molecule has 4 atom stereocenters. The monoisotopic (exact) mass is 882 g/mol. The van der Waals surface area contributed by atoms with Crippen LogP contribution in [0.25, 0.3) is 33.0 Å². The molecule has 4 unspecified atom stereocenters. The Bertz CT molecular complexity index is 3250. The molecule has 6 aromatic carbocycles. The van der Waals surface area contributed by atoms with E-state index in [9.17, 15) is 0 Å². The van der Waals surface area contributed by atoms with Gasteiger partial charge in [-0.25, -0.2) is 4.98 Å². The summed E-state index contributed by atoms with van der Waals surface area (Å²) in [5, 5.41) is 8.80. The maximum absolute atomic E-state index is 5.72. The average Bonchev–Trinajstić information content (AvgIpc) is 3.75. The molecular formula is C58H50N3P2S+. The zero-order valence-electron chi connectivity index (χ0n) is 36.2. The second-order valence-electron chi connectivity index (χ2n) is 17.4. The maximum atomic E-state index is 5.72. The Morgan fingerprint density at radius 3 is 2.31 bits per heavy atom. The molecule has 3 aliphatic carbocycles. The number of aromatic nitrogens is 2. The van der Waals surface area contributed by atoms with E-state index in [1.165, 1.54) is 70.7 Å². The predicted octanol–water partition coefficient (Wildman–Crippen LogP) is 12.4. The van der Waals surface area contributed by atoms with Crippen molar-refractivity contribution in [2.75, 3.05) is 6.66 Å². The summed E-state index contributed by atoms with van der Waals surface area (Å²) in [6.45, 7) is 0.0906. The Labute approximate surface area is 382 Å². The number of rotatable bonds is 8. The van der Waals surface area contributed by atoms with Crippen molar-refractivity contribution in [2.45, 2.75) is 32.2 Å². The highest BCUT2D eigenvalue weighted by molar-refractivity contribution is 8.61. The van der Waals surface area contributed by atoms with Gasteiger partial charge < -0.3 is 4.57 Å². The molecule has 3 nitrogen and oxygen atoms in total. The molecule has 0 spiro atoms. The Morgan fingerprint density at radius 1 is 0.812 bits per heavy atom. The van der Waals surface area contributed by atoms with Crippen LogP contribution < -0.4 is 26.5 Å². The third-order valence-electron chi connectivity index (χ3n) is 13.7. The van der Waals surface area contributed by atoms with Gasteiger partial charge in [0.15, 0.2) is 6.46 Å². The first-order chi connectivity index (χ1) is 31.4. The summed E-state index contributed by atoms with van der Waals surface area (Å²) in [4.78, 5) is 9.91. The van der Waals surface area contributed by atoms with E-state index >= 15 is 0 Å². The van der Waals surface area contributed by atoms with Crippen molar-refractivity contribution >= 4 is 96.7 Å². The van der Waals surface area contributed by atoms with E-state index in [0.717, 1.165) is 30.6 Å². The van der Waals surface area contributed by atoms with Gasteiger partial charge in [-0.3, -0.25) is 4.99 Å². The van der Waals surface area contributed by atoms with Crippen molar-refractivity contribution in [3.63, 3.8) is 0 Å². The Morgan fingerprint density at radius 2 is 1.55 bits per heavy atom. The molecule has 0 amide bonds. The number of benzene rings is 6. The summed E-state index contributed by atoms with van der Waals surface area (Å²) in [7, 11) is 0. The minimum absolute atomic E-state index is 0.0637. The van der Waals surface area contributed by atoms with Crippen LogP contribution in [0.3, 0.4) is 0 Å². The summed E-state index contributed by atoms with van der Waals surface area (Å²) in [5.74, 6) is 1.90. The Kier molecular flexibility index (Phi) is 10.7. The molecule has 4 aliphatic rings. The predicted molar refractivity (Wildman–Crippen MR) is 284 cm³/mol. The molecule has 312 valence electrons. The first kappa shape index (κ1) is 40.8. The molecule has 0 saturated heterocycles. The van der Waals surface area contributed by atoms with Crippen molar-refractivity contribution in [1.29, 1.82) is 0 Å². The summed E-state index contributed by atoms with van der Waals surface area (Å²) < 4.78 is 2.59. The highest BCUT2D eigenvalue weighted by Crippen LogP contribution is 2.60. The van der Waals surface area contributed by atoms with E-state index in [0.29, 0.717) is 5.92 Å². The van der Waals surface area contributed by atoms with E-state index in [1.54, 1.807) is 6.20 Å². The van der Waals surface area contributed by atoms with Crippen molar-refractivity contribution < 1.29 is 0 Å². The number of hydrogen-bond acceptors (Lipinski definition) is 3. The van der Waals surface area contributed by atoms with Crippen LogP contribution in [0, 0.1) is 11.8 Å². The third-order valence-corrected chi connectivity index (χ3v) is 22.2. The van der Waals surface area contributed by atoms with E-state index in [2.05, 4.69) is 204 Å². The lowest BCUT2D eigenvalue weighted by Gasteiger charge is -2.42. The molecule has 7 aromatic rings. The second kappa shape index (κ2) is 16.9. The van der Waals surface area contributed by atoms with Gasteiger partial charge in [-0.15, -0.1) is 5.45 Å². The average molecular weight is 883 g/mol. The number of hydrogen-bond donors (Lipinski definition) is 1. The second-order valence-corrected chi connectivity index (χ2v) is 25.3. The van der Waals surface area contributed by atoms with Gasteiger partial charge in [-0.2, -0.15) is 0 Å². The topological polar surface area (TPSA) is 30.2 Å². The molecule has 64 heavy (non-hydrogen) atoms. The lowest BCUT2D eigenvalue weighted by atomic mass is 9.67. The third kappa shape index (κ3) is 6.97. The molecule has 0 N–H and O–H groups in total. The van der Waals surface area contributed by atoms with Gasteiger partial charge in [0, 0.05) is 36.6 Å². The summed E-state index contributed by atoms with van der Waals surface area (Å²) in [6, 6.07) is 53.6. The highest BCUT2D eigenvalue weighted by Gasteiger charge is 2.45. The van der Waals surface area contributed by atoms with Crippen LogP contribution in [0.15, 0.2) is 217 Å². The summed E-state index contributed by atoms with van der Waals surface area (Å²) >= 11 is 5.72. The fourth-order valence-electron chi connectivity index (χ4n) is 10.5. The zero-order valence-corrected chi connectivity index (χ0v) is 38.8. The number of fused-ring (bicyclic) bond motifs is 10. The van der Waals surface area contributed by atoms with Gasteiger partial charge in [0.25, 0.3) is 0 Å². The molecule has 6 heteroatoms. The Hall–Kier alpha value is -5.98. The van der Waals surface area contributed by atoms with Gasteiger partial charge in [0.05, 0.1) is 17.1 Å². The standard InChI is InChI=1S/C58H50N3P2S/c1-3-34-59-35-15-36-62(2,46-17-7-4-8-18-46)49-29-26-43-37-42(24-25-44(43)38-49)45-28-31-52-55(39-45)61-56-40-50(63(64,47-19-9-5-10-20-47)48-21-11-6-12-22-48)30-33-54(56)60-58(61)53-32-27-41-16-13-14-23-51(41)57(52)53/h3-15,17-26,28-31,33-35,37-41,52,55,64H,16,27,32H2,1-2H3/q+1/b34-3-,59-35?. The fourth-order valence-corrected chi connectivity index (χ4v) is 16.9. The van der Waals surface area contributed by atoms with E-state index < -0.39 is 13.4 Å². The first-order valence-corrected chi connectivity index (χ1v) is 27.6. The van der Waals surface area contributed by atoms with Crippen LogP contribution in [0.1, 0.15) is 43.6 Å². The largest absolute Gasteiger partial charge is 0.316 e. The lowest BCUT2D eigenvalue weighted by molar-refractivity contribution is 0.460. The zero-order chi connectivity index (χ0) is 43.3. The number of imidazole rings is 1. The fraction of sp³-hybridized carbons (Fsp3) is 0.138. The van der Waals surface area contributed by atoms with Crippen LogP contribution in [-0.4, -0.2) is 27.9 Å². The van der Waals surface area contributed by atoms with Crippen LogP contribution in [0.5, 0.6) is 0 Å². The normalized spacial score (nSPS) is 20.0. The molecule has 1 aliphatic heterocycles. The van der Waals surface area contributed by atoms with Crippen molar-refractivity contribution in [1.82, 2.24) is 9.55 Å². The number of thiol groups is 1. The molecule has 11 rings (SSSR count). The van der Waals surface area contributed by atoms with Crippen LogP contribution in [0.4, 0.5) is 0 Å². The van der Waals surface area contributed by atoms with E-state index in [-0.39, 0.29) is 12.0 Å². The van der Waals surface area contributed by atoms with Gasteiger partial charge in [0.1, 0.15) is 21.7 Å². The van der Waals surface area contributed by atoms with Crippen LogP contribution in [-0.2, 0) is 0 Å². The number of allylic oxidation sites excluding steroid dienone is 12.